The summed E-state index contributed by atoms with van der Waals surface area (Å²) in [6, 6.07) is 15.9. The average Bonchev–Trinajstić information content (AvgIpc) is 3.08. The fraction of sp³-hybridized carbons (Fsp3) is 0.333. The second-order valence-corrected chi connectivity index (χ2v) is 8.68. The van der Waals surface area contributed by atoms with E-state index in [0.29, 0.717) is 6.61 Å². The molecule has 1 heterocycles. The molecule has 0 aliphatic rings. The van der Waals surface area contributed by atoms with Gasteiger partial charge in [-0.1, -0.05) is 49.0 Å². The van der Waals surface area contributed by atoms with Crippen LogP contribution in [0, 0.1) is 0 Å². The van der Waals surface area contributed by atoms with Crippen LogP contribution in [0.3, 0.4) is 0 Å². The number of ether oxygens (including phenoxy) is 1. The van der Waals surface area contributed by atoms with Crippen molar-refractivity contribution in [2.75, 3.05) is 6.61 Å². The third-order valence-corrected chi connectivity index (χ3v) is 6.69. The van der Waals surface area contributed by atoms with E-state index in [0.717, 1.165) is 32.3 Å². The van der Waals surface area contributed by atoms with Crippen LogP contribution in [0.2, 0.25) is 0 Å². The van der Waals surface area contributed by atoms with Crippen molar-refractivity contribution in [3.05, 3.63) is 54.1 Å². The van der Waals surface area contributed by atoms with E-state index in [1.807, 2.05) is 69.3 Å². The molecule has 1 N–H and O–H groups in total. The van der Waals surface area contributed by atoms with E-state index < -0.39 is 0 Å². The zero-order valence-electron chi connectivity index (χ0n) is 15.8. The van der Waals surface area contributed by atoms with Gasteiger partial charge in [0, 0.05) is 0 Å². The predicted molar refractivity (Wildman–Crippen MR) is 114 cm³/mol. The lowest BCUT2D eigenvalue weighted by Crippen LogP contribution is -2.34. The number of aromatic nitrogens is 1. The molecule has 0 saturated carbocycles. The second-order valence-electron chi connectivity index (χ2n) is 6.20. The molecule has 0 unspecified atom stereocenters. The molecule has 4 nitrogen and oxygen atoms in total. The van der Waals surface area contributed by atoms with E-state index in [2.05, 4.69) is 10.3 Å². The highest BCUT2D eigenvalue weighted by Gasteiger charge is 2.22. The number of benzene rings is 2. The summed E-state index contributed by atoms with van der Waals surface area (Å²) in [6.07, 6.45) is 0.748. The van der Waals surface area contributed by atoms with Gasteiger partial charge in [-0.25, -0.2) is 4.98 Å². The molecular formula is C21H24N2O2S2. The fourth-order valence-electron chi connectivity index (χ4n) is 2.77. The number of fused-ring (bicyclic) bond motifs is 1. The first-order chi connectivity index (χ1) is 13.1. The van der Waals surface area contributed by atoms with E-state index in [1.54, 1.807) is 11.3 Å². The van der Waals surface area contributed by atoms with E-state index >= 15 is 0 Å². The van der Waals surface area contributed by atoms with E-state index in [-0.39, 0.29) is 17.2 Å². The van der Waals surface area contributed by atoms with Crippen LogP contribution in [0.1, 0.15) is 38.8 Å². The van der Waals surface area contributed by atoms with Gasteiger partial charge < -0.3 is 10.1 Å². The van der Waals surface area contributed by atoms with Crippen molar-refractivity contribution < 1.29 is 9.53 Å². The van der Waals surface area contributed by atoms with Crippen LogP contribution in [0.5, 0.6) is 5.75 Å². The molecule has 0 bridgehead atoms. The van der Waals surface area contributed by atoms with E-state index in [4.69, 9.17) is 4.74 Å². The summed E-state index contributed by atoms with van der Waals surface area (Å²) in [5.74, 6) is 0.903. The predicted octanol–water partition coefficient (Wildman–Crippen LogP) is 5.44. The molecule has 1 amide bonds. The summed E-state index contributed by atoms with van der Waals surface area (Å²) in [5, 5.41) is 2.96. The summed E-state index contributed by atoms with van der Waals surface area (Å²) in [6.45, 7) is 6.66. The molecule has 27 heavy (non-hydrogen) atoms. The van der Waals surface area contributed by atoms with Crippen molar-refractivity contribution in [2.45, 2.75) is 42.8 Å². The maximum Gasteiger partial charge on any atom is 0.234 e. The SMILES string of the molecule is CCOc1ccc2nc(S[C@@H](CC)C(=O)N[C@H](C)c3ccccc3)sc2c1. The first-order valence-electron chi connectivity index (χ1n) is 9.16. The van der Waals surface area contributed by atoms with Crippen LogP contribution in [-0.4, -0.2) is 22.7 Å². The molecule has 0 aliphatic heterocycles. The summed E-state index contributed by atoms with van der Waals surface area (Å²) < 4.78 is 7.55. The van der Waals surface area contributed by atoms with Crippen molar-refractivity contribution in [1.82, 2.24) is 10.3 Å². The Labute approximate surface area is 168 Å². The van der Waals surface area contributed by atoms with Gasteiger partial charge in [-0.05, 0) is 44.0 Å². The second kappa shape index (κ2) is 9.24. The number of thiazole rings is 1. The zero-order valence-corrected chi connectivity index (χ0v) is 17.4. The molecular weight excluding hydrogens is 376 g/mol. The Morgan fingerprint density at radius 3 is 2.70 bits per heavy atom. The number of nitrogens with zero attached hydrogens (tertiary/aromatic N) is 1. The van der Waals surface area contributed by atoms with Gasteiger partial charge in [-0.3, -0.25) is 4.79 Å². The van der Waals surface area contributed by atoms with Gasteiger partial charge in [-0.15, -0.1) is 11.3 Å². The van der Waals surface area contributed by atoms with Crippen molar-refractivity contribution in [2.24, 2.45) is 0 Å². The third kappa shape index (κ3) is 5.02. The number of carbonyl (C=O) groups excluding carboxylic acids is 1. The minimum atomic E-state index is -0.164. The molecule has 2 atom stereocenters. The van der Waals surface area contributed by atoms with Crippen LogP contribution in [-0.2, 0) is 4.79 Å². The Hall–Kier alpha value is -2.05. The van der Waals surface area contributed by atoms with Crippen molar-refractivity contribution in [3.8, 4) is 5.75 Å². The van der Waals surface area contributed by atoms with Crippen LogP contribution in [0.25, 0.3) is 10.2 Å². The van der Waals surface area contributed by atoms with Crippen molar-refractivity contribution in [1.29, 1.82) is 0 Å². The molecule has 6 heteroatoms. The van der Waals surface area contributed by atoms with Gasteiger partial charge >= 0.3 is 0 Å². The molecule has 0 aliphatic carbocycles. The highest BCUT2D eigenvalue weighted by Crippen LogP contribution is 2.35. The zero-order chi connectivity index (χ0) is 19.2. The van der Waals surface area contributed by atoms with Crippen LogP contribution < -0.4 is 10.1 Å². The Morgan fingerprint density at radius 1 is 1.22 bits per heavy atom. The normalized spacial score (nSPS) is 13.3. The summed E-state index contributed by atoms with van der Waals surface area (Å²) >= 11 is 3.14. The van der Waals surface area contributed by atoms with Crippen LogP contribution in [0.4, 0.5) is 0 Å². The maximum absolute atomic E-state index is 12.7. The smallest absolute Gasteiger partial charge is 0.234 e. The molecule has 0 fully saturated rings. The quantitative estimate of drug-likeness (QED) is 0.511. The van der Waals surface area contributed by atoms with Gasteiger partial charge in [-0.2, -0.15) is 0 Å². The Kier molecular flexibility index (Phi) is 6.74. The van der Waals surface area contributed by atoms with Gasteiger partial charge in [0.25, 0.3) is 0 Å². The Morgan fingerprint density at radius 2 is 2.00 bits per heavy atom. The highest BCUT2D eigenvalue weighted by molar-refractivity contribution is 8.02. The monoisotopic (exact) mass is 400 g/mol. The number of amides is 1. The molecule has 2 aromatic carbocycles. The largest absolute Gasteiger partial charge is 0.494 e. The van der Waals surface area contributed by atoms with Crippen LogP contribution in [0.15, 0.2) is 52.9 Å². The van der Waals surface area contributed by atoms with E-state index in [1.165, 1.54) is 11.8 Å². The molecule has 0 radical (unpaired) electrons. The first-order valence-corrected chi connectivity index (χ1v) is 10.9. The third-order valence-electron chi connectivity index (χ3n) is 4.22. The fourth-order valence-corrected chi connectivity index (χ4v) is 5.04. The number of carbonyl (C=O) groups is 1. The summed E-state index contributed by atoms with van der Waals surface area (Å²) in [4.78, 5) is 17.4. The summed E-state index contributed by atoms with van der Waals surface area (Å²) in [5.41, 5.74) is 2.05. The molecule has 3 aromatic rings. The van der Waals surface area contributed by atoms with Crippen molar-refractivity contribution >= 4 is 39.2 Å². The average molecular weight is 401 g/mol. The summed E-state index contributed by atoms with van der Waals surface area (Å²) in [7, 11) is 0. The molecule has 142 valence electrons. The van der Waals surface area contributed by atoms with Gasteiger partial charge in [0.15, 0.2) is 4.34 Å². The minimum Gasteiger partial charge on any atom is -0.494 e. The lowest BCUT2D eigenvalue weighted by atomic mass is 10.1. The molecule has 0 spiro atoms. The number of hydrogen-bond donors (Lipinski definition) is 1. The standard InChI is InChI=1S/C21H24N2O2S2/c1-4-18(20(24)22-14(3)15-9-7-6-8-10-15)26-21-23-17-12-11-16(25-5-2)13-19(17)27-21/h6-14,18H,4-5H2,1-3H3,(H,22,24)/t14-,18+/m1/s1. The molecule has 1 aromatic heterocycles. The molecule has 0 saturated heterocycles. The number of rotatable bonds is 8. The van der Waals surface area contributed by atoms with Gasteiger partial charge in [0.05, 0.1) is 28.1 Å². The van der Waals surface area contributed by atoms with Gasteiger partial charge in [0.2, 0.25) is 5.91 Å². The Balaban J connectivity index is 1.68. The highest BCUT2D eigenvalue weighted by atomic mass is 32.2. The maximum atomic E-state index is 12.7. The lowest BCUT2D eigenvalue weighted by Gasteiger charge is -2.18. The number of hydrogen-bond acceptors (Lipinski definition) is 5. The van der Waals surface area contributed by atoms with Crippen molar-refractivity contribution in [3.63, 3.8) is 0 Å². The minimum absolute atomic E-state index is 0.0162. The lowest BCUT2D eigenvalue weighted by molar-refractivity contribution is -0.121. The van der Waals surface area contributed by atoms with E-state index in [9.17, 15) is 4.79 Å². The van der Waals surface area contributed by atoms with Gasteiger partial charge in [0.1, 0.15) is 5.75 Å². The topological polar surface area (TPSA) is 51.2 Å². The van der Waals surface area contributed by atoms with Crippen LogP contribution >= 0.6 is 23.1 Å². The number of nitrogens with one attached hydrogen (secondary N) is 1. The Bertz CT molecular complexity index is 896. The number of thioether (sulfide) groups is 1. The first kappa shape index (κ1) is 19.7. The molecule has 3 rings (SSSR count).